The number of carbonyl (C=O) groups excluding carboxylic acids is 2. The minimum Gasteiger partial charge on any atom is -0.465 e. The van der Waals surface area contributed by atoms with Crippen LogP contribution in [0.1, 0.15) is 15.9 Å². The molecule has 7 nitrogen and oxygen atoms in total. The highest BCUT2D eigenvalue weighted by Crippen LogP contribution is 2.30. The summed E-state index contributed by atoms with van der Waals surface area (Å²) in [6.07, 6.45) is 1.35. The third-order valence-corrected chi connectivity index (χ3v) is 7.42. The van der Waals surface area contributed by atoms with Crippen molar-refractivity contribution in [3.63, 3.8) is 0 Å². The van der Waals surface area contributed by atoms with Crippen molar-refractivity contribution in [1.82, 2.24) is 4.57 Å². The van der Waals surface area contributed by atoms with E-state index < -0.39 is 33.3 Å². The second-order valence-electron chi connectivity index (χ2n) is 7.68. The van der Waals surface area contributed by atoms with Gasteiger partial charge in [-0.2, -0.15) is 0 Å². The molecular weight excluding hydrogens is 495 g/mol. The first-order valence-corrected chi connectivity index (χ1v) is 12.4. The van der Waals surface area contributed by atoms with Crippen LogP contribution in [0, 0.1) is 5.82 Å². The Morgan fingerprint density at radius 1 is 1.03 bits per heavy atom. The van der Waals surface area contributed by atoms with Gasteiger partial charge in [0.25, 0.3) is 0 Å². The maximum atomic E-state index is 14.3. The normalized spacial score (nSPS) is 11.4. The van der Waals surface area contributed by atoms with Gasteiger partial charge in [-0.25, -0.2) is 17.6 Å². The third kappa shape index (κ3) is 5.06. The number of esters is 1. The highest BCUT2D eigenvalue weighted by Gasteiger charge is 2.25. The van der Waals surface area contributed by atoms with E-state index >= 15 is 0 Å². The van der Waals surface area contributed by atoms with E-state index in [1.807, 2.05) is 0 Å². The maximum absolute atomic E-state index is 14.3. The Balaban J connectivity index is 1.66. The first kappa shape index (κ1) is 24.4. The van der Waals surface area contributed by atoms with Gasteiger partial charge >= 0.3 is 5.97 Å². The number of para-hydroxylation sites is 2. The van der Waals surface area contributed by atoms with Gasteiger partial charge in [-0.1, -0.05) is 48.0 Å². The Morgan fingerprint density at radius 3 is 2.49 bits per heavy atom. The molecule has 0 saturated heterocycles. The first-order chi connectivity index (χ1) is 16.7. The highest BCUT2D eigenvalue weighted by atomic mass is 35.5. The summed E-state index contributed by atoms with van der Waals surface area (Å²) in [5.41, 5.74) is 0.832. The van der Waals surface area contributed by atoms with Crippen LogP contribution >= 0.6 is 11.6 Å². The summed E-state index contributed by atoms with van der Waals surface area (Å²) in [4.78, 5) is 24.8. The van der Waals surface area contributed by atoms with Crippen LogP contribution in [0.5, 0.6) is 0 Å². The van der Waals surface area contributed by atoms with E-state index in [1.54, 1.807) is 42.5 Å². The van der Waals surface area contributed by atoms with E-state index in [1.165, 1.54) is 36.1 Å². The molecule has 0 aliphatic carbocycles. The van der Waals surface area contributed by atoms with Crippen LogP contribution in [0.4, 0.5) is 10.1 Å². The molecule has 0 bridgehead atoms. The Morgan fingerprint density at radius 2 is 1.74 bits per heavy atom. The van der Waals surface area contributed by atoms with Crippen molar-refractivity contribution in [2.24, 2.45) is 0 Å². The monoisotopic (exact) mass is 514 g/mol. The summed E-state index contributed by atoms with van der Waals surface area (Å²) in [6, 6.07) is 17.0. The predicted molar refractivity (Wildman–Crippen MR) is 131 cm³/mol. The zero-order chi connectivity index (χ0) is 25.2. The summed E-state index contributed by atoms with van der Waals surface area (Å²) in [7, 11) is -2.78. The number of benzene rings is 3. The molecule has 35 heavy (non-hydrogen) atoms. The topological polar surface area (TPSA) is 94.5 Å². The Labute approximate surface area is 206 Å². The zero-order valence-electron chi connectivity index (χ0n) is 18.5. The summed E-state index contributed by atoms with van der Waals surface area (Å²) >= 11 is 6.04. The number of hydrogen-bond donors (Lipinski definition) is 1. The number of fused-ring (bicyclic) bond motifs is 1. The van der Waals surface area contributed by atoms with Crippen molar-refractivity contribution < 1.29 is 27.1 Å². The second-order valence-corrected chi connectivity index (χ2v) is 10.0. The zero-order valence-corrected chi connectivity index (χ0v) is 20.1. The summed E-state index contributed by atoms with van der Waals surface area (Å²) in [5, 5.41) is 3.07. The first-order valence-electron chi connectivity index (χ1n) is 10.4. The van der Waals surface area contributed by atoms with Gasteiger partial charge in [-0.15, -0.1) is 0 Å². The number of hydrogen-bond acceptors (Lipinski definition) is 5. The van der Waals surface area contributed by atoms with E-state index in [-0.39, 0.29) is 33.3 Å². The summed E-state index contributed by atoms with van der Waals surface area (Å²) in [6.45, 7) is -0.230. The van der Waals surface area contributed by atoms with Crippen molar-refractivity contribution in [3.05, 3.63) is 94.9 Å². The van der Waals surface area contributed by atoms with E-state index in [9.17, 15) is 22.4 Å². The van der Waals surface area contributed by atoms with Crippen molar-refractivity contribution in [3.8, 4) is 0 Å². The smallest absolute Gasteiger partial charge is 0.339 e. The lowest BCUT2D eigenvalue weighted by molar-refractivity contribution is -0.116. The largest absolute Gasteiger partial charge is 0.465 e. The van der Waals surface area contributed by atoms with Crippen LogP contribution in [-0.2, 0) is 31.7 Å². The van der Waals surface area contributed by atoms with Crippen LogP contribution in [-0.4, -0.2) is 32.0 Å². The van der Waals surface area contributed by atoms with Gasteiger partial charge in [0.1, 0.15) is 12.4 Å². The number of amides is 1. The molecule has 1 heterocycles. The van der Waals surface area contributed by atoms with Gasteiger partial charge in [0.05, 0.1) is 29.0 Å². The Hall–Kier alpha value is -3.69. The van der Waals surface area contributed by atoms with Crippen LogP contribution in [0.2, 0.25) is 5.02 Å². The number of anilines is 1. The van der Waals surface area contributed by atoms with E-state index in [2.05, 4.69) is 5.32 Å². The molecule has 0 unspecified atom stereocenters. The lowest BCUT2D eigenvalue weighted by atomic mass is 10.2. The molecule has 3 aromatic carbocycles. The molecule has 0 aliphatic heterocycles. The molecular formula is C25H20ClFN2O5S. The summed E-state index contributed by atoms with van der Waals surface area (Å²) < 4.78 is 47.0. The highest BCUT2D eigenvalue weighted by molar-refractivity contribution is 7.90. The van der Waals surface area contributed by atoms with Gasteiger partial charge < -0.3 is 14.6 Å². The lowest BCUT2D eigenvalue weighted by Gasteiger charge is -2.10. The number of carbonyl (C=O) groups is 2. The maximum Gasteiger partial charge on any atom is 0.339 e. The van der Waals surface area contributed by atoms with Crippen LogP contribution in [0.15, 0.2) is 77.8 Å². The molecule has 1 amide bonds. The number of aromatic nitrogens is 1. The van der Waals surface area contributed by atoms with Crippen molar-refractivity contribution >= 4 is 49.9 Å². The SMILES string of the molecule is COC(=O)c1ccccc1NC(=O)Cn1cc(S(=O)(=O)Cc2c(F)cccc2Cl)c2ccccc21. The fourth-order valence-corrected chi connectivity index (χ4v) is 5.69. The molecule has 0 aliphatic rings. The minimum absolute atomic E-state index is 0.0148. The number of rotatable bonds is 7. The van der Waals surface area contributed by atoms with Crippen LogP contribution in [0.3, 0.4) is 0 Å². The third-order valence-electron chi connectivity index (χ3n) is 5.40. The molecule has 1 aromatic heterocycles. The van der Waals surface area contributed by atoms with Gasteiger partial charge in [0, 0.05) is 27.7 Å². The number of sulfone groups is 1. The Kier molecular flexibility index (Phi) is 6.90. The van der Waals surface area contributed by atoms with E-state index in [0.29, 0.717) is 10.9 Å². The van der Waals surface area contributed by atoms with Crippen LogP contribution < -0.4 is 5.32 Å². The minimum atomic E-state index is -4.02. The average molecular weight is 515 g/mol. The fourth-order valence-electron chi connectivity index (χ4n) is 3.75. The fraction of sp³-hybridized carbons (Fsp3) is 0.120. The molecule has 180 valence electrons. The van der Waals surface area contributed by atoms with E-state index in [0.717, 1.165) is 6.07 Å². The van der Waals surface area contributed by atoms with E-state index in [4.69, 9.17) is 16.3 Å². The van der Waals surface area contributed by atoms with Crippen molar-refractivity contribution in [1.29, 1.82) is 0 Å². The molecule has 0 spiro atoms. The quantitative estimate of drug-likeness (QED) is 0.356. The number of ether oxygens (including phenoxy) is 1. The molecule has 0 saturated carbocycles. The summed E-state index contributed by atoms with van der Waals surface area (Å²) in [5.74, 6) is -2.44. The van der Waals surface area contributed by atoms with Gasteiger partial charge in [0.2, 0.25) is 5.91 Å². The predicted octanol–water partition coefficient (Wildman–Crippen LogP) is 4.83. The lowest BCUT2D eigenvalue weighted by Crippen LogP contribution is -2.20. The molecule has 1 N–H and O–H groups in total. The van der Waals surface area contributed by atoms with Crippen LogP contribution in [0.25, 0.3) is 10.9 Å². The molecule has 10 heteroatoms. The molecule has 0 radical (unpaired) electrons. The van der Waals surface area contributed by atoms with Crippen molar-refractivity contribution in [2.45, 2.75) is 17.2 Å². The van der Waals surface area contributed by atoms with Gasteiger partial charge in [0.15, 0.2) is 9.84 Å². The number of halogens is 2. The van der Waals surface area contributed by atoms with Gasteiger partial charge in [-0.05, 0) is 30.3 Å². The number of methoxy groups -OCH3 is 1. The number of nitrogens with zero attached hydrogens (tertiary/aromatic N) is 1. The standard InChI is InChI=1S/C25H20ClFN2O5S/c1-34-25(31)16-7-2-4-11-21(16)28-24(30)14-29-13-23(17-8-3-5-12-22(17)29)35(32,33)15-18-19(26)9-6-10-20(18)27/h2-13H,14-15H2,1H3,(H,28,30). The average Bonchev–Trinajstić information content (AvgIpc) is 3.21. The molecule has 0 fully saturated rings. The number of nitrogens with one attached hydrogen (secondary N) is 1. The molecule has 4 aromatic rings. The van der Waals surface area contributed by atoms with Crippen molar-refractivity contribution in [2.75, 3.05) is 12.4 Å². The Bertz CT molecular complexity index is 1530. The van der Waals surface area contributed by atoms with Gasteiger partial charge in [-0.3, -0.25) is 4.79 Å². The molecule has 0 atom stereocenters. The molecule has 4 rings (SSSR count). The second kappa shape index (κ2) is 9.89.